The SMILES string of the molecule is CCc1ccc2c(c1)[C@@H]1OCCC[C@@H]1[C@@H](c1ccc(F)cc1)N2. The van der Waals surface area contributed by atoms with E-state index in [9.17, 15) is 4.39 Å². The number of nitrogens with one attached hydrogen (secondary N) is 1. The number of fused-ring (bicyclic) bond motifs is 3. The van der Waals surface area contributed by atoms with E-state index in [0.29, 0.717) is 5.92 Å². The smallest absolute Gasteiger partial charge is 0.123 e. The monoisotopic (exact) mass is 311 g/mol. The summed E-state index contributed by atoms with van der Waals surface area (Å²) in [5.41, 5.74) is 4.92. The van der Waals surface area contributed by atoms with Crippen molar-refractivity contribution in [3.8, 4) is 0 Å². The molecule has 1 N–H and O–H groups in total. The van der Waals surface area contributed by atoms with Gasteiger partial charge in [0.25, 0.3) is 0 Å². The third kappa shape index (κ3) is 2.63. The van der Waals surface area contributed by atoms with Crippen LogP contribution in [0.4, 0.5) is 10.1 Å². The highest BCUT2D eigenvalue weighted by atomic mass is 19.1. The van der Waals surface area contributed by atoms with E-state index >= 15 is 0 Å². The first-order valence-electron chi connectivity index (χ1n) is 8.52. The number of benzene rings is 2. The highest BCUT2D eigenvalue weighted by Gasteiger charge is 2.39. The molecule has 120 valence electrons. The van der Waals surface area contributed by atoms with Gasteiger partial charge in [-0.3, -0.25) is 0 Å². The average Bonchev–Trinajstić information content (AvgIpc) is 2.61. The van der Waals surface area contributed by atoms with Gasteiger partial charge in [0.1, 0.15) is 5.82 Å². The van der Waals surface area contributed by atoms with Crippen LogP contribution < -0.4 is 5.32 Å². The molecule has 2 aliphatic heterocycles. The van der Waals surface area contributed by atoms with Gasteiger partial charge in [-0.05, 0) is 48.6 Å². The van der Waals surface area contributed by atoms with Crippen LogP contribution in [0.2, 0.25) is 0 Å². The molecule has 2 nitrogen and oxygen atoms in total. The van der Waals surface area contributed by atoms with E-state index in [-0.39, 0.29) is 18.0 Å². The van der Waals surface area contributed by atoms with Gasteiger partial charge in [0.15, 0.2) is 0 Å². The summed E-state index contributed by atoms with van der Waals surface area (Å²) in [5, 5.41) is 3.68. The first kappa shape index (κ1) is 14.7. The zero-order valence-electron chi connectivity index (χ0n) is 13.4. The predicted molar refractivity (Wildman–Crippen MR) is 90.0 cm³/mol. The normalized spacial score (nSPS) is 26.1. The Balaban J connectivity index is 1.75. The molecule has 2 heterocycles. The molecule has 1 saturated heterocycles. The molecule has 0 spiro atoms. The summed E-state index contributed by atoms with van der Waals surface area (Å²) in [7, 11) is 0. The van der Waals surface area contributed by atoms with Crippen LogP contribution in [0.5, 0.6) is 0 Å². The van der Waals surface area contributed by atoms with Gasteiger partial charge in [0.2, 0.25) is 0 Å². The van der Waals surface area contributed by atoms with Gasteiger partial charge in [-0.1, -0.05) is 31.2 Å². The maximum absolute atomic E-state index is 13.3. The van der Waals surface area contributed by atoms with E-state index in [1.54, 1.807) is 12.1 Å². The lowest BCUT2D eigenvalue weighted by Crippen LogP contribution is -2.36. The number of anilines is 1. The molecule has 0 radical (unpaired) electrons. The van der Waals surface area contributed by atoms with E-state index in [4.69, 9.17) is 4.74 Å². The highest BCUT2D eigenvalue weighted by molar-refractivity contribution is 5.58. The maximum atomic E-state index is 13.3. The summed E-state index contributed by atoms with van der Waals surface area (Å²) in [6.07, 6.45) is 3.40. The fraction of sp³-hybridized carbons (Fsp3) is 0.400. The van der Waals surface area contributed by atoms with Gasteiger partial charge in [-0.2, -0.15) is 0 Å². The van der Waals surface area contributed by atoms with Crippen molar-refractivity contribution >= 4 is 5.69 Å². The van der Waals surface area contributed by atoms with Crippen LogP contribution >= 0.6 is 0 Å². The first-order valence-corrected chi connectivity index (χ1v) is 8.52. The maximum Gasteiger partial charge on any atom is 0.123 e. The Bertz CT molecular complexity index is 697. The Morgan fingerprint density at radius 3 is 2.78 bits per heavy atom. The number of ether oxygens (including phenoxy) is 1. The molecule has 2 aromatic rings. The Hall–Kier alpha value is -1.87. The summed E-state index contributed by atoms with van der Waals surface area (Å²) in [6.45, 7) is 3.01. The van der Waals surface area contributed by atoms with Crippen molar-refractivity contribution in [3.05, 3.63) is 65.0 Å². The number of halogens is 1. The number of rotatable bonds is 2. The average molecular weight is 311 g/mol. The van der Waals surface area contributed by atoms with Crippen molar-refractivity contribution < 1.29 is 9.13 Å². The lowest BCUT2D eigenvalue weighted by Gasteiger charge is -2.43. The zero-order valence-corrected chi connectivity index (χ0v) is 13.4. The molecule has 4 rings (SSSR count). The molecule has 0 unspecified atom stereocenters. The quantitative estimate of drug-likeness (QED) is 0.840. The third-order valence-electron chi connectivity index (χ3n) is 5.17. The van der Waals surface area contributed by atoms with Gasteiger partial charge in [0, 0.05) is 23.8 Å². The summed E-state index contributed by atoms with van der Waals surface area (Å²) in [5.74, 6) is 0.211. The van der Waals surface area contributed by atoms with Gasteiger partial charge < -0.3 is 10.1 Å². The molecule has 23 heavy (non-hydrogen) atoms. The van der Waals surface area contributed by atoms with Crippen molar-refractivity contribution in [1.29, 1.82) is 0 Å². The molecule has 3 atom stereocenters. The van der Waals surface area contributed by atoms with E-state index in [1.165, 1.54) is 11.1 Å². The minimum absolute atomic E-state index is 0.140. The van der Waals surface area contributed by atoms with E-state index < -0.39 is 0 Å². The molecule has 0 amide bonds. The van der Waals surface area contributed by atoms with Gasteiger partial charge in [0.05, 0.1) is 12.1 Å². The lowest BCUT2D eigenvalue weighted by molar-refractivity contribution is -0.0381. The number of hydrogen-bond acceptors (Lipinski definition) is 2. The van der Waals surface area contributed by atoms with Crippen molar-refractivity contribution in [2.24, 2.45) is 5.92 Å². The summed E-state index contributed by atoms with van der Waals surface area (Å²) in [4.78, 5) is 0. The zero-order chi connectivity index (χ0) is 15.8. The molecule has 0 bridgehead atoms. The Morgan fingerprint density at radius 2 is 2.00 bits per heavy atom. The second kappa shape index (κ2) is 5.97. The Kier molecular flexibility index (Phi) is 3.82. The number of aryl methyl sites for hydroxylation is 1. The van der Waals surface area contributed by atoms with Crippen LogP contribution in [-0.4, -0.2) is 6.61 Å². The van der Waals surface area contributed by atoms with Gasteiger partial charge in [-0.25, -0.2) is 4.39 Å². The van der Waals surface area contributed by atoms with Crippen LogP contribution in [-0.2, 0) is 11.2 Å². The third-order valence-corrected chi connectivity index (χ3v) is 5.17. The van der Waals surface area contributed by atoms with E-state index in [0.717, 1.165) is 37.1 Å². The summed E-state index contributed by atoms with van der Waals surface area (Å²) in [6, 6.07) is 13.7. The first-order chi connectivity index (χ1) is 11.3. The van der Waals surface area contributed by atoms with Crippen molar-refractivity contribution in [1.82, 2.24) is 0 Å². The van der Waals surface area contributed by atoms with E-state index in [1.807, 2.05) is 12.1 Å². The number of hydrogen-bond donors (Lipinski definition) is 1. The molecular formula is C20H22FNO. The molecule has 2 aliphatic rings. The Morgan fingerprint density at radius 1 is 1.17 bits per heavy atom. The highest BCUT2D eigenvalue weighted by Crippen LogP contribution is 2.49. The van der Waals surface area contributed by atoms with Gasteiger partial charge in [-0.15, -0.1) is 0 Å². The fourth-order valence-electron chi connectivity index (χ4n) is 3.94. The van der Waals surface area contributed by atoms with Crippen LogP contribution in [0.1, 0.15) is 48.6 Å². The molecular weight excluding hydrogens is 289 g/mol. The molecule has 0 aliphatic carbocycles. The lowest BCUT2D eigenvalue weighted by atomic mass is 9.77. The van der Waals surface area contributed by atoms with Crippen LogP contribution in [0, 0.1) is 11.7 Å². The van der Waals surface area contributed by atoms with Crippen molar-refractivity contribution in [2.45, 2.75) is 38.3 Å². The van der Waals surface area contributed by atoms with Gasteiger partial charge >= 0.3 is 0 Å². The standard InChI is InChI=1S/C20H22FNO/c1-2-13-5-10-18-17(12-13)20-16(4-3-11-23-20)19(22-18)14-6-8-15(21)9-7-14/h5-10,12,16,19-20,22H,2-4,11H2,1H3/t16-,19-,20-/m1/s1. The molecule has 0 aromatic heterocycles. The van der Waals surface area contributed by atoms with Crippen LogP contribution in [0.25, 0.3) is 0 Å². The molecule has 3 heteroatoms. The van der Waals surface area contributed by atoms with Crippen LogP contribution in [0.15, 0.2) is 42.5 Å². The van der Waals surface area contributed by atoms with Crippen molar-refractivity contribution in [3.63, 3.8) is 0 Å². The minimum atomic E-state index is -0.186. The second-order valence-corrected chi connectivity index (χ2v) is 6.55. The Labute approximate surface area is 136 Å². The largest absolute Gasteiger partial charge is 0.378 e. The van der Waals surface area contributed by atoms with Crippen molar-refractivity contribution in [2.75, 3.05) is 11.9 Å². The minimum Gasteiger partial charge on any atom is -0.378 e. The summed E-state index contributed by atoms with van der Waals surface area (Å²) >= 11 is 0. The molecule has 1 fully saturated rings. The fourth-order valence-corrected chi connectivity index (χ4v) is 3.94. The predicted octanol–water partition coefficient (Wildman–Crippen LogP) is 5.02. The summed E-state index contributed by atoms with van der Waals surface area (Å²) < 4.78 is 19.4. The topological polar surface area (TPSA) is 21.3 Å². The van der Waals surface area contributed by atoms with Crippen LogP contribution in [0.3, 0.4) is 0 Å². The molecule has 2 aromatic carbocycles. The van der Waals surface area contributed by atoms with E-state index in [2.05, 4.69) is 30.4 Å². The molecule has 0 saturated carbocycles. The second-order valence-electron chi connectivity index (χ2n) is 6.55.